The molecule has 0 aliphatic heterocycles. The summed E-state index contributed by atoms with van der Waals surface area (Å²) in [7, 11) is -2.81. The molecular formula is C25H28FN3O5S. The van der Waals surface area contributed by atoms with Crippen LogP contribution in [0.5, 0.6) is 5.88 Å². The standard InChI is InChI=1S/C25H28FN3O5S/c1-15(2)19-11-18(26)12-20(16-8-9-27-23(10-16)34-5)21(19)13-22(30)29-35(32,33)24-7-6-17(14-28-24)25(3,4)31/h6-12,14-15,31H,13H2,1-5H3,(H,29,30). The summed E-state index contributed by atoms with van der Waals surface area (Å²) in [5, 5.41) is 9.68. The number of nitrogens with one attached hydrogen (secondary N) is 1. The highest BCUT2D eigenvalue weighted by Crippen LogP contribution is 2.33. The lowest BCUT2D eigenvalue weighted by molar-refractivity contribution is -0.118. The molecule has 0 spiro atoms. The number of aromatic nitrogens is 2. The molecule has 1 aromatic carbocycles. The first-order valence-electron chi connectivity index (χ1n) is 10.9. The third-order valence-corrected chi connectivity index (χ3v) is 6.72. The summed E-state index contributed by atoms with van der Waals surface area (Å²) in [4.78, 5) is 20.9. The number of hydrogen-bond acceptors (Lipinski definition) is 7. The smallest absolute Gasteiger partial charge is 0.281 e. The predicted molar refractivity (Wildman–Crippen MR) is 129 cm³/mol. The largest absolute Gasteiger partial charge is 0.481 e. The zero-order chi connectivity index (χ0) is 26.0. The second kappa shape index (κ2) is 10.1. The van der Waals surface area contributed by atoms with Gasteiger partial charge in [-0.1, -0.05) is 19.9 Å². The van der Waals surface area contributed by atoms with Crippen LogP contribution in [0.15, 0.2) is 53.8 Å². The lowest BCUT2D eigenvalue weighted by Gasteiger charge is -2.19. The van der Waals surface area contributed by atoms with Crippen molar-refractivity contribution in [1.82, 2.24) is 14.7 Å². The van der Waals surface area contributed by atoms with E-state index in [2.05, 4.69) is 9.97 Å². The van der Waals surface area contributed by atoms with E-state index in [9.17, 15) is 22.7 Å². The molecule has 0 aliphatic rings. The quantitative estimate of drug-likeness (QED) is 0.483. The Labute approximate surface area is 204 Å². The maximum atomic E-state index is 14.5. The minimum atomic E-state index is -4.27. The van der Waals surface area contributed by atoms with E-state index in [1.165, 1.54) is 43.8 Å². The fourth-order valence-corrected chi connectivity index (χ4v) is 4.53. The summed E-state index contributed by atoms with van der Waals surface area (Å²) in [6, 6.07) is 8.57. The van der Waals surface area contributed by atoms with Gasteiger partial charge in [0, 0.05) is 24.0 Å². The maximum Gasteiger partial charge on any atom is 0.281 e. The zero-order valence-electron chi connectivity index (χ0n) is 20.2. The number of pyridine rings is 2. The molecule has 0 bridgehead atoms. The van der Waals surface area contributed by atoms with E-state index in [4.69, 9.17) is 4.74 Å². The highest BCUT2D eigenvalue weighted by molar-refractivity contribution is 7.90. The number of halogens is 1. The number of aliphatic hydroxyl groups is 1. The van der Waals surface area contributed by atoms with Crippen molar-refractivity contribution in [3.63, 3.8) is 0 Å². The molecule has 35 heavy (non-hydrogen) atoms. The zero-order valence-corrected chi connectivity index (χ0v) is 21.0. The van der Waals surface area contributed by atoms with Gasteiger partial charge in [-0.15, -0.1) is 0 Å². The Hall–Kier alpha value is -3.37. The van der Waals surface area contributed by atoms with E-state index in [1.807, 2.05) is 18.6 Å². The number of carbonyl (C=O) groups is 1. The van der Waals surface area contributed by atoms with Crippen LogP contribution >= 0.6 is 0 Å². The highest BCUT2D eigenvalue weighted by atomic mass is 32.2. The van der Waals surface area contributed by atoms with Crippen molar-refractivity contribution in [2.45, 2.75) is 50.7 Å². The molecule has 0 saturated carbocycles. The number of carbonyl (C=O) groups excluding carboxylic acids is 1. The summed E-state index contributed by atoms with van der Waals surface area (Å²) in [5.74, 6) is -1.10. The predicted octanol–water partition coefficient (Wildman–Crippen LogP) is 3.69. The molecule has 0 saturated heterocycles. The van der Waals surface area contributed by atoms with Gasteiger partial charge in [-0.05, 0) is 66.3 Å². The molecule has 0 fully saturated rings. The topological polar surface area (TPSA) is 118 Å². The maximum absolute atomic E-state index is 14.5. The second-order valence-corrected chi connectivity index (χ2v) is 10.5. The lowest BCUT2D eigenvalue weighted by atomic mass is 9.88. The molecule has 3 rings (SSSR count). The molecule has 1 amide bonds. The minimum Gasteiger partial charge on any atom is -0.481 e. The van der Waals surface area contributed by atoms with Gasteiger partial charge in [0.1, 0.15) is 5.82 Å². The number of methoxy groups -OCH3 is 1. The second-order valence-electron chi connectivity index (χ2n) is 8.91. The number of ether oxygens (including phenoxy) is 1. The lowest BCUT2D eigenvalue weighted by Crippen LogP contribution is -2.33. The average Bonchev–Trinajstić information content (AvgIpc) is 2.79. The normalized spacial score (nSPS) is 12.0. The third-order valence-electron chi connectivity index (χ3n) is 5.43. The van der Waals surface area contributed by atoms with E-state index in [-0.39, 0.29) is 17.4 Å². The molecule has 0 aliphatic carbocycles. The Balaban J connectivity index is 1.96. The van der Waals surface area contributed by atoms with E-state index in [1.54, 1.807) is 26.0 Å². The van der Waals surface area contributed by atoms with Crippen LogP contribution in [0.25, 0.3) is 11.1 Å². The molecular weight excluding hydrogens is 473 g/mol. The first-order chi connectivity index (χ1) is 16.3. The van der Waals surface area contributed by atoms with Crippen LogP contribution in [-0.2, 0) is 26.8 Å². The van der Waals surface area contributed by atoms with Gasteiger partial charge < -0.3 is 9.84 Å². The Kier molecular flexibility index (Phi) is 7.56. The first-order valence-corrected chi connectivity index (χ1v) is 12.4. The number of nitrogens with zero attached hydrogens (tertiary/aromatic N) is 2. The molecule has 186 valence electrons. The van der Waals surface area contributed by atoms with Crippen LogP contribution in [0.4, 0.5) is 4.39 Å². The van der Waals surface area contributed by atoms with Crippen molar-refractivity contribution >= 4 is 15.9 Å². The van der Waals surface area contributed by atoms with Crippen LogP contribution in [0, 0.1) is 5.82 Å². The Bertz CT molecular complexity index is 1330. The summed E-state index contributed by atoms with van der Waals surface area (Å²) >= 11 is 0. The Morgan fingerprint density at radius 3 is 2.46 bits per heavy atom. The van der Waals surface area contributed by atoms with Gasteiger partial charge >= 0.3 is 0 Å². The Morgan fingerprint density at radius 1 is 1.17 bits per heavy atom. The third kappa shape index (κ3) is 6.20. The number of hydrogen-bond donors (Lipinski definition) is 2. The van der Waals surface area contributed by atoms with Gasteiger partial charge in [0.25, 0.3) is 10.0 Å². The van der Waals surface area contributed by atoms with E-state index in [0.29, 0.717) is 33.7 Å². The van der Waals surface area contributed by atoms with Crippen molar-refractivity contribution in [2.75, 3.05) is 7.11 Å². The highest BCUT2D eigenvalue weighted by Gasteiger charge is 2.24. The van der Waals surface area contributed by atoms with Crippen LogP contribution in [0.3, 0.4) is 0 Å². The van der Waals surface area contributed by atoms with Gasteiger partial charge in [-0.3, -0.25) is 4.79 Å². The summed E-state index contributed by atoms with van der Waals surface area (Å²) < 4.78 is 47.2. The van der Waals surface area contributed by atoms with E-state index in [0.717, 1.165) is 0 Å². The van der Waals surface area contributed by atoms with Crippen molar-refractivity contribution in [2.24, 2.45) is 0 Å². The molecule has 0 unspecified atom stereocenters. The summed E-state index contributed by atoms with van der Waals surface area (Å²) in [6.45, 7) is 6.81. The van der Waals surface area contributed by atoms with Gasteiger partial charge in [0.05, 0.1) is 19.1 Å². The minimum absolute atomic E-state index is 0.136. The van der Waals surface area contributed by atoms with Crippen LogP contribution in [0.2, 0.25) is 0 Å². The number of benzene rings is 1. The Morgan fingerprint density at radius 2 is 1.89 bits per heavy atom. The SMILES string of the molecule is COc1cc(-c2cc(F)cc(C(C)C)c2CC(=O)NS(=O)(=O)c2ccc(C(C)(C)O)cn2)ccn1. The summed E-state index contributed by atoms with van der Waals surface area (Å²) in [6.07, 6.45) is 2.44. The summed E-state index contributed by atoms with van der Waals surface area (Å²) in [5.41, 5.74) is 1.32. The van der Waals surface area contributed by atoms with Crippen molar-refractivity contribution < 1.29 is 27.4 Å². The monoisotopic (exact) mass is 501 g/mol. The van der Waals surface area contributed by atoms with E-state index < -0.39 is 27.3 Å². The van der Waals surface area contributed by atoms with Crippen molar-refractivity contribution in [1.29, 1.82) is 0 Å². The van der Waals surface area contributed by atoms with Crippen molar-refractivity contribution in [3.05, 3.63) is 71.3 Å². The molecule has 0 radical (unpaired) electrons. The molecule has 2 heterocycles. The molecule has 0 atom stereocenters. The molecule has 8 nitrogen and oxygen atoms in total. The van der Waals surface area contributed by atoms with Gasteiger partial charge in [-0.25, -0.2) is 19.1 Å². The fourth-order valence-electron chi connectivity index (χ4n) is 3.62. The van der Waals surface area contributed by atoms with E-state index >= 15 is 0 Å². The van der Waals surface area contributed by atoms with Gasteiger partial charge in [-0.2, -0.15) is 8.42 Å². The number of rotatable bonds is 8. The number of sulfonamides is 1. The van der Waals surface area contributed by atoms with Crippen LogP contribution < -0.4 is 9.46 Å². The first kappa shape index (κ1) is 26.2. The molecule has 2 N–H and O–H groups in total. The molecule has 3 aromatic rings. The number of amides is 1. The van der Waals surface area contributed by atoms with Crippen molar-refractivity contribution in [3.8, 4) is 17.0 Å². The average molecular weight is 502 g/mol. The fraction of sp³-hybridized carbons (Fsp3) is 0.320. The van der Waals surface area contributed by atoms with Gasteiger partial charge in [0.2, 0.25) is 11.8 Å². The van der Waals surface area contributed by atoms with Crippen LogP contribution in [-0.4, -0.2) is 36.5 Å². The molecule has 2 aromatic heterocycles. The molecule has 10 heteroatoms. The van der Waals surface area contributed by atoms with Crippen LogP contribution in [0.1, 0.15) is 50.3 Å². The van der Waals surface area contributed by atoms with Gasteiger partial charge in [0.15, 0.2) is 5.03 Å².